The van der Waals surface area contributed by atoms with Crippen molar-refractivity contribution in [1.82, 2.24) is 18.8 Å². The van der Waals surface area contributed by atoms with Gasteiger partial charge in [-0.05, 0) is 68.5 Å². The normalized spacial score (nSPS) is 20.2. The summed E-state index contributed by atoms with van der Waals surface area (Å²) in [7, 11) is -3.70. The van der Waals surface area contributed by atoms with Crippen LogP contribution in [0.3, 0.4) is 0 Å². The van der Waals surface area contributed by atoms with Gasteiger partial charge in [-0.2, -0.15) is 4.31 Å². The Balaban J connectivity index is 1.30. The van der Waals surface area contributed by atoms with Gasteiger partial charge in [0.25, 0.3) is 0 Å². The number of nitrogens with zero attached hydrogens (tertiary/aromatic N) is 4. The van der Waals surface area contributed by atoms with Crippen molar-refractivity contribution in [3.05, 3.63) is 81.9 Å². The number of halogens is 1. The summed E-state index contributed by atoms with van der Waals surface area (Å²) in [6, 6.07) is 10.8. The van der Waals surface area contributed by atoms with Gasteiger partial charge in [-0.15, -0.1) is 0 Å². The Morgan fingerprint density at radius 2 is 1.85 bits per heavy atom. The van der Waals surface area contributed by atoms with E-state index in [2.05, 4.69) is 9.55 Å². The second-order valence-electron chi connectivity index (χ2n) is 10.5. The summed E-state index contributed by atoms with van der Waals surface area (Å²) in [4.78, 5) is 19.9. The molecule has 2 aromatic heterocycles. The second kappa shape index (κ2) is 11.4. The summed E-state index contributed by atoms with van der Waals surface area (Å²) in [6.07, 6.45) is 6.15. The molecule has 3 aromatic rings. The van der Waals surface area contributed by atoms with Crippen molar-refractivity contribution in [1.29, 1.82) is 0 Å². The zero-order valence-corrected chi connectivity index (χ0v) is 24.2. The standard InChI is InChI=1S/C29H35ClN4O4S/c1-20-15-21(2)29(22(3)16-20)39(36,37)34-12-5-4-7-24(34)18-38-19-27(35)33-14-13-32-11-6-8-25(32)28(33)23-9-10-26(30)31-17-23/h6,8-11,15-17,24,28H,4-5,7,12-14,18-19H2,1-3H3. The maximum Gasteiger partial charge on any atom is 0.249 e. The van der Waals surface area contributed by atoms with E-state index in [1.54, 1.807) is 16.6 Å². The molecule has 4 heterocycles. The Kier molecular flexibility index (Phi) is 8.14. The quantitative estimate of drug-likeness (QED) is 0.386. The van der Waals surface area contributed by atoms with E-state index in [0.717, 1.165) is 40.8 Å². The zero-order valence-electron chi connectivity index (χ0n) is 22.6. The molecule has 0 spiro atoms. The fourth-order valence-corrected chi connectivity index (χ4v) is 8.27. The maximum absolute atomic E-state index is 13.8. The minimum absolute atomic E-state index is 0.120. The molecule has 2 unspecified atom stereocenters. The summed E-state index contributed by atoms with van der Waals surface area (Å²) in [5, 5.41) is 0.397. The summed E-state index contributed by atoms with van der Waals surface area (Å²) >= 11 is 6.01. The molecule has 0 bridgehead atoms. The van der Waals surface area contributed by atoms with Crippen molar-refractivity contribution in [2.75, 3.05) is 26.3 Å². The molecule has 0 saturated carbocycles. The van der Waals surface area contributed by atoms with Gasteiger partial charge in [-0.1, -0.05) is 41.8 Å². The summed E-state index contributed by atoms with van der Waals surface area (Å²) in [6.45, 7) is 7.40. The molecule has 5 rings (SSSR count). The minimum atomic E-state index is -3.70. The fourth-order valence-electron chi connectivity index (χ4n) is 6.06. The van der Waals surface area contributed by atoms with Crippen LogP contribution in [-0.2, 0) is 26.1 Å². The van der Waals surface area contributed by atoms with Gasteiger partial charge in [0.15, 0.2) is 0 Å². The van der Waals surface area contributed by atoms with Gasteiger partial charge >= 0.3 is 0 Å². The van der Waals surface area contributed by atoms with Crippen LogP contribution < -0.4 is 0 Å². The van der Waals surface area contributed by atoms with Crippen LogP contribution >= 0.6 is 11.6 Å². The Hall–Kier alpha value is -2.72. The number of fused-ring (bicyclic) bond motifs is 1. The van der Waals surface area contributed by atoms with E-state index in [-0.39, 0.29) is 31.2 Å². The predicted molar refractivity (Wildman–Crippen MR) is 150 cm³/mol. The molecule has 2 aliphatic rings. The highest BCUT2D eigenvalue weighted by Crippen LogP contribution is 2.33. The van der Waals surface area contributed by atoms with Crippen LogP contribution in [-0.4, -0.2) is 65.4 Å². The third-order valence-corrected chi connectivity index (χ3v) is 10.2. The molecular weight excluding hydrogens is 536 g/mol. The third-order valence-electron chi connectivity index (χ3n) is 7.70. The summed E-state index contributed by atoms with van der Waals surface area (Å²) in [5.41, 5.74) is 4.43. The number of pyridine rings is 1. The van der Waals surface area contributed by atoms with Crippen molar-refractivity contribution < 1.29 is 17.9 Å². The highest BCUT2D eigenvalue weighted by atomic mass is 35.5. The molecule has 0 radical (unpaired) electrons. The highest BCUT2D eigenvalue weighted by Gasteiger charge is 2.36. The molecule has 1 fully saturated rings. The Morgan fingerprint density at radius 3 is 2.56 bits per heavy atom. The number of carbonyl (C=O) groups is 1. The number of aromatic nitrogens is 2. The first-order valence-corrected chi connectivity index (χ1v) is 15.2. The van der Waals surface area contributed by atoms with Crippen molar-refractivity contribution in [2.24, 2.45) is 0 Å². The van der Waals surface area contributed by atoms with Gasteiger partial charge in [0.2, 0.25) is 15.9 Å². The summed E-state index contributed by atoms with van der Waals surface area (Å²) < 4.78 is 37.3. The first kappa shape index (κ1) is 27.8. The van der Waals surface area contributed by atoms with E-state index >= 15 is 0 Å². The Labute approximate surface area is 235 Å². The van der Waals surface area contributed by atoms with Crippen molar-refractivity contribution >= 4 is 27.5 Å². The van der Waals surface area contributed by atoms with Crippen molar-refractivity contribution in [2.45, 2.75) is 63.6 Å². The van der Waals surface area contributed by atoms with Gasteiger partial charge in [0.1, 0.15) is 11.8 Å². The maximum atomic E-state index is 13.8. The van der Waals surface area contributed by atoms with Crippen LogP contribution in [0.4, 0.5) is 0 Å². The molecular formula is C29H35ClN4O4S. The first-order chi connectivity index (χ1) is 18.7. The molecule has 1 amide bonds. The molecule has 10 heteroatoms. The first-order valence-electron chi connectivity index (χ1n) is 13.4. The lowest BCUT2D eigenvalue weighted by Gasteiger charge is -2.38. The molecule has 1 aromatic carbocycles. The minimum Gasteiger partial charge on any atom is -0.370 e. The number of amides is 1. The number of benzene rings is 1. The number of hydrogen-bond donors (Lipinski definition) is 0. The predicted octanol–water partition coefficient (Wildman–Crippen LogP) is 4.65. The molecule has 2 aliphatic heterocycles. The largest absolute Gasteiger partial charge is 0.370 e. The SMILES string of the molecule is Cc1cc(C)c(S(=O)(=O)N2CCCCC2COCC(=O)N2CCn3cccc3C2c2ccc(Cl)nc2)c(C)c1. The van der Waals surface area contributed by atoms with Gasteiger partial charge < -0.3 is 14.2 Å². The number of rotatable bonds is 7. The molecule has 208 valence electrons. The fraction of sp³-hybridized carbons (Fsp3) is 0.448. The van der Waals surface area contributed by atoms with E-state index in [1.165, 1.54) is 0 Å². The number of hydrogen-bond acceptors (Lipinski definition) is 5. The van der Waals surface area contributed by atoms with Crippen LogP contribution in [0.2, 0.25) is 5.15 Å². The average molecular weight is 571 g/mol. The number of carbonyl (C=O) groups excluding carboxylic acids is 1. The topological polar surface area (TPSA) is 84.7 Å². The summed E-state index contributed by atoms with van der Waals surface area (Å²) in [5.74, 6) is -0.141. The number of piperidine rings is 1. The van der Waals surface area contributed by atoms with Gasteiger partial charge in [0.05, 0.1) is 17.5 Å². The van der Waals surface area contributed by atoms with Crippen LogP contribution in [0.5, 0.6) is 0 Å². The monoisotopic (exact) mass is 570 g/mol. The molecule has 39 heavy (non-hydrogen) atoms. The van der Waals surface area contributed by atoms with Crippen LogP contribution in [0, 0.1) is 20.8 Å². The van der Waals surface area contributed by atoms with Gasteiger partial charge in [-0.25, -0.2) is 13.4 Å². The van der Waals surface area contributed by atoms with E-state index in [0.29, 0.717) is 36.1 Å². The lowest BCUT2D eigenvalue weighted by Crippen LogP contribution is -2.47. The van der Waals surface area contributed by atoms with E-state index in [1.807, 2.05) is 62.2 Å². The highest BCUT2D eigenvalue weighted by molar-refractivity contribution is 7.89. The number of aryl methyl sites for hydroxylation is 3. The zero-order chi connectivity index (χ0) is 27.7. The van der Waals surface area contributed by atoms with Gasteiger partial charge in [-0.3, -0.25) is 4.79 Å². The lowest BCUT2D eigenvalue weighted by molar-refractivity contribution is -0.139. The third kappa shape index (κ3) is 5.63. The van der Waals surface area contributed by atoms with Crippen LogP contribution in [0.1, 0.15) is 53.3 Å². The lowest BCUT2D eigenvalue weighted by atomic mass is 10.0. The number of sulfonamides is 1. The van der Waals surface area contributed by atoms with Crippen LogP contribution in [0.25, 0.3) is 0 Å². The van der Waals surface area contributed by atoms with E-state index < -0.39 is 10.0 Å². The Bertz CT molecular complexity index is 1430. The second-order valence-corrected chi connectivity index (χ2v) is 12.8. The van der Waals surface area contributed by atoms with E-state index in [9.17, 15) is 13.2 Å². The van der Waals surface area contributed by atoms with Crippen molar-refractivity contribution in [3.8, 4) is 0 Å². The molecule has 1 saturated heterocycles. The Morgan fingerprint density at radius 1 is 1.08 bits per heavy atom. The molecule has 2 atom stereocenters. The molecule has 0 aliphatic carbocycles. The molecule has 8 nitrogen and oxygen atoms in total. The van der Waals surface area contributed by atoms with Crippen molar-refractivity contribution in [3.63, 3.8) is 0 Å². The number of ether oxygens (including phenoxy) is 1. The van der Waals surface area contributed by atoms with Crippen LogP contribution in [0.15, 0.2) is 53.7 Å². The van der Waals surface area contributed by atoms with Gasteiger partial charge in [0, 0.05) is 43.8 Å². The smallest absolute Gasteiger partial charge is 0.249 e. The average Bonchev–Trinajstić information content (AvgIpc) is 3.37. The molecule has 0 N–H and O–H groups in total. The van der Waals surface area contributed by atoms with E-state index in [4.69, 9.17) is 16.3 Å².